The summed E-state index contributed by atoms with van der Waals surface area (Å²) in [4.78, 5) is 12.0. The van der Waals surface area contributed by atoms with Gasteiger partial charge >= 0.3 is 0 Å². The molecule has 0 aliphatic rings. The van der Waals surface area contributed by atoms with E-state index in [0.29, 0.717) is 23.6 Å². The number of amides is 1. The normalized spacial score (nSPS) is 11.8. The number of halogens is 1. The largest absolute Gasteiger partial charge is 0.497 e. The average Bonchev–Trinajstić information content (AvgIpc) is 2.44. The summed E-state index contributed by atoms with van der Waals surface area (Å²) in [6.07, 6.45) is 1.87. The molecule has 0 bridgehead atoms. The van der Waals surface area contributed by atoms with Crippen LogP contribution in [0.2, 0.25) is 0 Å². The highest BCUT2D eigenvalue weighted by molar-refractivity contribution is 6.20. The van der Waals surface area contributed by atoms with Crippen LogP contribution in [0, 0.1) is 0 Å². The van der Waals surface area contributed by atoms with Gasteiger partial charge in [0.15, 0.2) is 0 Å². The van der Waals surface area contributed by atoms with Gasteiger partial charge in [0.1, 0.15) is 11.5 Å². The van der Waals surface area contributed by atoms with Gasteiger partial charge in [0.2, 0.25) is 0 Å². The molecule has 0 spiro atoms. The lowest BCUT2D eigenvalue weighted by Gasteiger charge is -2.12. The van der Waals surface area contributed by atoms with E-state index in [0.717, 1.165) is 12.8 Å². The maximum absolute atomic E-state index is 12.0. The van der Waals surface area contributed by atoms with E-state index in [1.807, 2.05) is 0 Å². The van der Waals surface area contributed by atoms with Crippen molar-refractivity contribution in [3.63, 3.8) is 0 Å². The zero-order valence-corrected chi connectivity index (χ0v) is 12.3. The fourth-order valence-corrected chi connectivity index (χ4v) is 2.00. The molecule has 0 heterocycles. The molecular formula is C14H20ClNO3. The van der Waals surface area contributed by atoms with E-state index in [4.69, 9.17) is 21.1 Å². The minimum Gasteiger partial charge on any atom is -0.497 e. The van der Waals surface area contributed by atoms with Gasteiger partial charge in [-0.3, -0.25) is 4.79 Å². The molecule has 1 aromatic rings. The highest BCUT2D eigenvalue weighted by Gasteiger charge is 2.14. The van der Waals surface area contributed by atoms with Crippen molar-refractivity contribution in [2.24, 2.45) is 0 Å². The second kappa shape index (κ2) is 7.89. The van der Waals surface area contributed by atoms with Gasteiger partial charge in [-0.05, 0) is 18.6 Å². The molecule has 106 valence electrons. The summed E-state index contributed by atoms with van der Waals surface area (Å²) in [6.45, 7) is 2.51. The summed E-state index contributed by atoms with van der Waals surface area (Å²) < 4.78 is 10.3. The molecule has 5 heteroatoms. The third-order valence-corrected chi connectivity index (χ3v) is 3.11. The monoisotopic (exact) mass is 285 g/mol. The third-order valence-electron chi connectivity index (χ3n) is 2.74. The van der Waals surface area contributed by atoms with Crippen LogP contribution in [-0.4, -0.2) is 32.0 Å². The second-order valence-corrected chi connectivity index (χ2v) is 4.78. The SMILES string of the molecule is CCCC(Cl)CNC(=O)c1ccc(OC)cc1OC. The Bertz CT molecular complexity index is 423. The Morgan fingerprint density at radius 2 is 2.11 bits per heavy atom. The first kappa shape index (κ1) is 15.6. The number of hydrogen-bond acceptors (Lipinski definition) is 3. The lowest BCUT2D eigenvalue weighted by molar-refractivity contribution is 0.0950. The standard InChI is InChI=1S/C14H20ClNO3/c1-4-5-10(15)9-16-14(17)12-7-6-11(18-2)8-13(12)19-3/h6-8,10H,4-5,9H2,1-3H3,(H,16,17). The van der Waals surface area contributed by atoms with Crippen molar-refractivity contribution < 1.29 is 14.3 Å². The summed E-state index contributed by atoms with van der Waals surface area (Å²) in [5, 5.41) is 2.76. The first-order chi connectivity index (χ1) is 9.12. The van der Waals surface area contributed by atoms with Crippen LogP contribution < -0.4 is 14.8 Å². The summed E-state index contributed by atoms with van der Waals surface area (Å²) in [5.41, 5.74) is 0.476. The molecular weight excluding hydrogens is 266 g/mol. The number of carbonyl (C=O) groups excluding carboxylic acids is 1. The molecule has 0 aliphatic carbocycles. The van der Waals surface area contributed by atoms with Crippen LogP contribution in [0.25, 0.3) is 0 Å². The van der Waals surface area contributed by atoms with E-state index in [-0.39, 0.29) is 11.3 Å². The zero-order valence-electron chi connectivity index (χ0n) is 11.5. The highest BCUT2D eigenvalue weighted by Crippen LogP contribution is 2.24. The van der Waals surface area contributed by atoms with Crippen LogP contribution in [-0.2, 0) is 0 Å². The van der Waals surface area contributed by atoms with E-state index >= 15 is 0 Å². The van der Waals surface area contributed by atoms with Crippen LogP contribution in [0.1, 0.15) is 30.1 Å². The number of carbonyl (C=O) groups is 1. The molecule has 1 rings (SSSR count). The number of hydrogen-bond donors (Lipinski definition) is 1. The predicted molar refractivity (Wildman–Crippen MR) is 76.4 cm³/mol. The first-order valence-corrected chi connectivity index (χ1v) is 6.70. The maximum atomic E-state index is 12.0. The Kier molecular flexibility index (Phi) is 6.50. The molecule has 0 aliphatic heterocycles. The van der Waals surface area contributed by atoms with Crippen LogP contribution >= 0.6 is 11.6 Å². The molecule has 0 radical (unpaired) electrons. The fourth-order valence-electron chi connectivity index (χ4n) is 1.70. The van der Waals surface area contributed by atoms with Gasteiger partial charge in [-0.25, -0.2) is 0 Å². The van der Waals surface area contributed by atoms with Gasteiger partial charge < -0.3 is 14.8 Å². The molecule has 0 saturated carbocycles. The molecule has 1 atom stereocenters. The minimum absolute atomic E-state index is 0.0433. The van der Waals surface area contributed by atoms with E-state index < -0.39 is 0 Å². The smallest absolute Gasteiger partial charge is 0.255 e. The zero-order chi connectivity index (χ0) is 14.3. The number of benzene rings is 1. The quantitative estimate of drug-likeness (QED) is 0.784. The van der Waals surface area contributed by atoms with Crippen LogP contribution in [0.15, 0.2) is 18.2 Å². The molecule has 1 unspecified atom stereocenters. The van der Waals surface area contributed by atoms with Gasteiger partial charge in [-0.15, -0.1) is 11.6 Å². The van der Waals surface area contributed by atoms with Crippen molar-refractivity contribution in [2.75, 3.05) is 20.8 Å². The van der Waals surface area contributed by atoms with Gasteiger partial charge in [0.25, 0.3) is 5.91 Å². The molecule has 0 fully saturated rings. The fraction of sp³-hybridized carbons (Fsp3) is 0.500. The van der Waals surface area contributed by atoms with Gasteiger partial charge in [0.05, 0.1) is 25.2 Å². The lowest BCUT2D eigenvalue weighted by Crippen LogP contribution is -2.30. The lowest BCUT2D eigenvalue weighted by atomic mass is 10.1. The summed E-state index contributed by atoms with van der Waals surface area (Å²) in [5.74, 6) is 0.939. The Labute approximate surface area is 119 Å². The maximum Gasteiger partial charge on any atom is 0.255 e. The van der Waals surface area contributed by atoms with Gasteiger partial charge in [-0.1, -0.05) is 13.3 Å². The number of rotatable bonds is 7. The van der Waals surface area contributed by atoms with Crippen molar-refractivity contribution in [2.45, 2.75) is 25.1 Å². The topological polar surface area (TPSA) is 47.6 Å². The Morgan fingerprint density at radius 1 is 1.37 bits per heavy atom. The number of nitrogens with one attached hydrogen (secondary N) is 1. The van der Waals surface area contributed by atoms with Crippen LogP contribution in [0.3, 0.4) is 0 Å². The Balaban J connectivity index is 2.71. The van der Waals surface area contributed by atoms with Crippen molar-refractivity contribution in [1.82, 2.24) is 5.32 Å². The van der Waals surface area contributed by atoms with E-state index in [1.54, 1.807) is 25.3 Å². The van der Waals surface area contributed by atoms with Crippen molar-refractivity contribution in [3.8, 4) is 11.5 Å². The Morgan fingerprint density at radius 3 is 2.68 bits per heavy atom. The first-order valence-electron chi connectivity index (χ1n) is 6.26. The van der Waals surface area contributed by atoms with Crippen LogP contribution in [0.4, 0.5) is 0 Å². The van der Waals surface area contributed by atoms with Gasteiger partial charge in [0, 0.05) is 12.6 Å². The van der Waals surface area contributed by atoms with Crippen molar-refractivity contribution in [1.29, 1.82) is 0 Å². The molecule has 19 heavy (non-hydrogen) atoms. The molecule has 0 aromatic heterocycles. The molecule has 1 aromatic carbocycles. The average molecular weight is 286 g/mol. The summed E-state index contributed by atoms with van der Waals surface area (Å²) >= 11 is 6.07. The molecule has 1 N–H and O–H groups in total. The van der Waals surface area contributed by atoms with Crippen LogP contribution in [0.5, 0.6) is 11.5 Å². The predicted octanol–water partition coefficient (Wildman–Crippen LogP) is 2.84. The molecule has 0 saturated heterocycles. The van der Waals surface area contributed by atoms with E-state index in [1.165, 1.54) is 7.11 Å². The van der Waals surface area contributed by atoms with Gasteiger partial charge in [-0.2, -0.15) is 0 Å². The van der Waals surface area contributed by atoms with E-state index in [2.05, 4.69) is 12.2 Å². The number of alkyl halides is 1. The highest BCUT2D eigenvalue weighted by atomic mass is 35.5. The molecule has 4 nitrogen and oxygen atoms in total. The van der Waals surface area contributed by atoms with Crippen molar-refractivity contribution in [3.05, 3.63) is 23.8 Å². The van der Waals surface area contributed by atoms with E-state index in [9.17, 15) is 4.79 Å². The number of methoxy groups -OCH3 is 2. The van der Waals surface area contributed by atoms with Crippen molar-refractivity contribution >= 4 is 17.5 Å². The third kappa shape index (κ3) is 4.63. The summed E-state index contributed by atoms with van der Waals surface area (Å²) in [6, 6.07) is 5.08. The minimum atomic E-state index is -0.193. The molecule has 1 amide bonds. The Hall–Kier alpha value is -1.42. The summed E-state index contributed by atoms with van der Waals surface area (Å²) in [7, 11) is 3.09. The second-order valence-electron chi connectivity index (χ2n) is 4.16. The number of ether oxygens (including phenoxy) is 2.